The average Bonchev–Trinajstić information content (AvgIpc) is 3.15. The zero-order chi connectivity index (χ0) is 16.8. The van der Waals surface area contributed by atoms with Gasteiger partial charge >= 0.3 is 0 Å². The topological polar surface area (TPSA) is 57.8 Å². The molecule has 1 aromatic heterocycles. The number of rotatable bonds is 5. The number of halogens is 2. The van der Waals surface area contributed by atoms with E-state index in [1.54, 1.807) is 23.1 Å². The Bertz CT molecular complexity index is 658. The monoisotopic (exact) mass is 509 g/mol. The van der Waals surface area contributed by atoms with Gasteiger partial charge in [-0.2, -0.15) is 0 Å². The predicted octanol–water partition coefficient (Wildman–Crippen LogP) is 3.64. The molecule has 0 aliphatic carbocycles. The second-order valence-corrected chi connectivity index (χ2v) is 7.81. The summed E-state index contributed by atoms with van der Waals surface area (Å²) in [5.74, 6) is 1.55. The van der Waals surface area contributed by atoms with Crippen LogP contribution in [0.5, 0.6) is 0 Å². The Morgan fingerprint density at radius 1 is 1.24 bits per heavy atom. The lowest BCUT2D eigenvalue weighted by molar-refractivity contribution is 0.381. The highest BCUT2D eigenvalue weighted by Crippen LogP contribution is 2.20. The predicted molar refractivity (Wildman–Crippen MR) is 120 cm³/mol. The highest BCUT2D eigenvalue weighted by atomic mass is 127. The lowest BCUT2D eigenvalue weighted by atomic mass is 10.3. The SMILES string of the molecule is I.NC(=NCCSc1ccc(Cl)cc1)N1CCN(c2nccs2)CC1. The van der Waals surface area contributed by atoms with Gasteiger partial charge in [-0.15, -0.1) is 47.1 Å². The first-order valence-corrected chi connectivity index (χ1v) is 10.0. The molecule has 2 N–H and O–H groups in total. The Hall–Kier alpha value is -0.710. The molecule has 0 unspecified atom stereocenters. The number of thioether (sulfide) groups is 1. The van der Waals surface area contributed by atoms with Crippen molar-refractivity contribution in [2.45, 2.75) is 4.90 Å². The maximum Gasteiger partial charge on any atom is 0.191 e. The van der Waals surface area contributed by atoms with Gasteiger partial charge in [0, 0.05) is 53.4 Å². The summed E-state index contributed by atoms with van der Waals surface area (Å²) < 4.78 is 0. The summed E-state index contributed by atoms with van der Waals surface area (Å²) in [7, 11) is 0. The van der Waals surface area contributed by atoms with E-state index in [1.165, 1.54) is 4.90 Å². The van der Waals surface area contributed by atoms with Crippen LogP contribution in [0.2, 0.25) is 5.02 Å². The second-order valence-electron chi connectivity index (χ2n) is 5.33. The molecular formula is C16H21ClIN5S2. The van der Waals surface area contributed by atoms with Gasteiger partial charge < -0.3 is 15.5 Å². The zero-order valence-corrected chi connectivity index (χ0v) is 18.4. The molecule has 1 fully saturated rings. The summed E-state index contributed by atoms with van der Waals surface area (Å²) in [6.45, 7) is 4.36. The fourth-order valence-corrected chi connectivity index (χ4v) is 4.02. The minimum atomic E-state index is 0. The number of guanidine groups is 1. The van der Waals surface area contributed by atoms with Gasteiger partial charge in [-0.05, 0) is 24.3 Å². The molecule has 3 rings (SSSR count). The maximum absolute atomic E-state index is 6.13. The van der Waals surface area contributed by atoms with Crippen LogP contribution in [0.3, 0.4) is 0 Å². The van der Waals surface area contributed by atoms with E-state index in [0.29, 0.717) is 12.5 Å². The van der Waals surface area contributed by atoms with Crippen LogP contribution in [0.25, 0.3) is 0 Å². The van der Waals surface area contributed by atoms with E-state index < -0.39 is 0 Å². The Morgan fingerprint density at radius 2 is 1.96 bits per heavy atom. The van der Waals surface area contributed by atoms with Gasteiger partial charge in [-0.1, -0.05) is 11.6 Å². The lowest BCUT2D eigenvalue weighted by Crippen LogP contribution is -2.51. The third-order valence-electron chi connectivity index (χ3n) is 3.74. The van der Waals surface area contributed by atoms with Crippen molar-refractivity contribution >= 4 is 69.8 Å². The summed E-state index contributed by atoms with van der Waals surface area (Å²) in [6.07, 6.45) is 1.85. The minimum absolute atomic E-state index is 0. The molecule has 1 aromatic carbocycles. The van der Waals surface area contributed by atoms with Crippen LogP contribution >= 0.6 is 58.7 Å². The van der Waals surface area contributed by atoms with Gasteiger partial charge in [0.15, 0.2) is 11.1 Å². The quantitative estimate of drug-likeness (QED) is 0.219. The molecule has 1 aliphatic heterocycles. The molecule has 0 spiro atoms. The first kappa shape index (κ1) is 20.6. The molecule has 1 aliphatic rings. The van der Waals surface area contributed by atoms with Crippen LogP contribution in [-0.4, -0.2) is 54.3 Å². The third kappa shape index (κ3) is 6.19. The standard InChI is InChI=1S/C16H20ClN5S2.HI/c17-13-1-3-14(4-2-13)23-11-5-19-15(18)21-7-9-22(10-8-21)16-20-6-12-24-16;/h1-4,6,12H,5,7-11H2,(H2,18,19);1H. The minimum Gasteiger partial charge on any atom is -0.370 e. The number of nitrogens with two attached hydrogens (primary N) is 1. The van der Waals surface area contributed by atoms with Crippen molar-refractivity contribution in [2.75, 3.05) is 43.4 Å². The summed E-state index contributed by atoms with van der Waals surface area (Å²) in [6, 6.07) is 7.86. The number of hydrogen-bond donors (Lipinski definition) is 1. The van der Waals surface area contributed by atoms with E-state index in [0.717, 1.165) is 42.1 Å². The van der Waals surface area contributed by atoms with Crippen molar-refractivity contribution in [3.63, 3.8) is 0 Å². The largest absolute Gasteiger partial charge is 0.370 e. The fraction of sp³-hybridized carbons (Fsp3) is 0.375. The van der Waals surface area contributed by atoms with Crippen molar-refractivity contribution in [3.8, 4) is 0 Å². The first-order valence-electron chi connectivity index (χ1n) is 7.80. The maximum atomic E-state index is 6.13. The number of nitrogens with zero attached hydrogens (tertiary/aromatic N) is 4. The number of piperazine rings is 1. The van der Waals surface area contributed by atoms with Gasteiger partial charge in [0.1, 0.15) is 0 Å². The van der Waals surface area contributed by atoms with Crippen molar-refractivity contribution in [2.24, 2.45) is 10.7 Å². The van der Waals surface area contributed by atoms with E-state index in [4.69, 9.17) is 17.3 Å². The van der Waals surface area contributed by atoms with Crippen LogP contribution < -0.4 is 10.6 Å². The van der Waals surface area contributed by atoms with Crippen LogP contribution in [0.1, 0.15) is 0 Å². The fourth-order valence-electron chi connectivity index (χ4n) is 2.45. The Kier molecular flexibility index (Phi) is 8.60. The van der Waals surface area contributed by atoms with Crippen molar-refractivity contribution in [1.29, 1.82) is 0 Å². The number of aliphatic imine (C=N–C) groups is 1. The normalized spacial score (nSPS) is 15.2. The highest BCUT2D eigenvalue weighted by Gasteiger charge is 2.19. The summed E-state index contributed by atoms with van der Waals surface area (Å²) >= 11 is 9.32. The Balaban J connectivity index is 0.00000225. The van der Waals surface area contributed by atoms with Gasteiger partial charge in [0.2, 0.25) is 0 Å². The van der Waals surface area contributed by atoms with E-state index in [9.17, 15) is 0 Å². The Labute approximate surface area is 178 Å². The van der Waals surface area contributed by atoms with Crippen molar-refractivity contribution in [1.82, 2.24) is 9.88 Å². The molecular weight excluding hydrogens is 489 g/mol. The molecule has 2 heterocycles. The summed E-state index contributed by atoms with van der Waals surface area (Å²) in [5, 5.41) is 3.86. The van der Waals surface area contributed by atoms with Gasteiger partial charge in [-0.3, -0.25) is 4.99 Å². The molecule has 5 nitrogen and oxygen atoms in total. The van der Waals surface area contributed by atoms with E-state index in [2.05, 4.69) is 19.8 Å². The van der Waals surface area contributed by atoms with Gasteiger partial charge in [-0.25, -0.2) is 4.98 Å². The number of anilines is 1. The summed E-state index contributed by atoms with van der Waals surface area (Å²) in [4.78, 5) is 14.5. The van der Waals surface area contributed by atoms with Crippen LogP contribution in [0.15, 0.2) is 45.7 Å². The molecule has 136 valence electrons. The molecule has 2 aromatic rings. The lowest BCUT2D eigenvalue weighted by Gasteiger charge is -2.35. The van der Waals surface area contributed by atoms with Crippen molar-refractivity contribution in [3.05, 3.63) is 40.9 Å². The second kappa shape index (κ2) is 10.4. The van der Waals surface area contributed by atoms with Gasteiger partial charge in [0.25, 0.3) is 0 Å². The van der Waals surface area contributed by atoms with E-state index in [-0.39, 0.29) is 24.0 Å². The number of hydrogen-bond acceptors (Lipinski definition) is 5. The molecule has 25 heavy (non-hydrogen) atoms. The molecule has 0 atom stereocenters. The number of benzene rings is 1. The average molecular weight is 510 g/mol. The molecule has 0 bridgehead atoms. The van der Waals surface area contributed by atoms with Crippen LogP contribution in [0, 0.1) is 0 Å². The molecule has 0 saturated carbocycles. The molecule has 9 heteroatoms. The highest BCUT2D eigenvalue weighted by molar-refractivity contribution is 14.0. The smallest absolute Gasteiger partial charge is 0.191 e. The van der Waals surface area contributed by atoms with Gasteiger partial charge in [0.05, 0.1) is 6.54 Å². The Morgan fingerprint density at radius 3 is 2.60 bits per heavy atom. The van der Waals surface area contributed by atoms with Crippen LogP contribution in [0.4, 0.5) is 5.13 Å². The first-order chi connectivity index (χ1) is 11.7. The van der Waals surface area contributed by atoms with E-state index >= 15 is 0 Å². The molecule has 0 amide bonds. The summed E-state index contributed by atoms with van der Waals surface area (Å²) in [5.41, 5.74) is 6.13. The van der Waals surface area contributed by atoms with Crippen LogP contribution in [-0.2, 0) is 0 Å². The molecule has 1 saturated heterocycles. The molecule has 0 radical (unpaired) electrons. The number of aromatic nitrogens is 1. The van der Waals surface area contributed by atoms with Crippen molar-refractivity contribution < 1.29 is 0 Å². The van der Waals surface area contributed by atoms with E-state index in [1.807, 2.05) is 35.8 Å². The zero-order valence-electron chi connectivity index (χ0n) is 13.7. The number of thiazole rings is 1. The third-order valence-corrected chi connectivity index (χ3v) is 5.82.